The Morgan fingerprint density at radius 2 is 1.51 bits per heavy atom. The van der Waals surface area contributed by atoms with Crippen molar-refractivity contribution >= 4 is 28.3 Å². The number of ether oxygens (including phenoxy) is 2. The van der Waals surface area contributed by atoms with E-state index in [1.54, 1.807) is 19.2 Å². The Morgan fingerprint density at radius 3 is 2.26 bits per heavy atom. The van der Waals surface area contributed by atoms with Crippen LogP contribution in [0, 0.1) is 6.92 Å². The maximum atomic E-state index is 13.2. The molecule has 6 nitrogen and oxygen atoms in total. The first-order valence-electron chi connectivity index (χ1n) is 11.4. The van der Waals surface area contributed by atoms with E-state index in [9.17, 15) is 9.59 Å². The number of benzene rings is 4. The average molecular weight is 469 g/mol. The van der Waals surface area contributed by atoms with Crippen molar-refractivity contribution in [1.82, 2.24) is 5.32 Å². The van der Waals surface area contributed by atoms with Crippen LogP contribution in [0.2, 0.25) is 0 Å². The standard InChI is InChI=1S/C29H28N2O4/c1-19-10-4-8-14-25(19)31-29(33)24-16-21-11-5-6-12-22(21)17-27(24)35-18-28(32)30-20(2)23-13-7-9-15-26(23)34-3/h4-17,20H,18H2,1-3H3,(H,30,32)(H,31,33). The summed E-state index contributed by atoms with van der Waals surface area (Å²) in [6.45, 7) is 3.58. The number of rotatable bonds is 8. The van der Waals surface area contributed by atoms with Crippen LogP contribution in [0.1, 0.15) is 34.5 Å². The fourth-order valence-corrected chi connectivity index (χ4v) is 3.95. The molecule has 4 aromatic rings. The Morgan fingerprint density at radius 1 is 0.857 bits per heavy atom. The van der Waals surface area contributed by atoms with Gasteiger partial charge in [-0.3, -0.25) is 9.59 Å². The van der Waals surface area contributed by atoms with Crippen molar-refractivity contribution in [3.8, 4) is 11.5 Å². The van der Waals surface area contributed by atoms with E-state index in [1.807, 2.05) is 86.6 Å². The Bertz CT molecular complexity index is 1370. The van der Waals surface area contributed by atoms with Crippen molar-refractivity contribution < 1.29 is 19.1 Å². The van der Waals surface area contributed by atoms with E-state index in [1.165, 1.54) is 0 Å². The Balaban J connectivity index is 1.53. The summed E-state index contributed by atoms with van der Waals surface area (Å²) in [5.74, 6) is 0.436. The van der Waals surface area contributed by atoms with Crippen molar-refractivity contribution in [1.29, 1.82) is 0 Å². The summed E-state index contributed by atoms with van der Waals surface area (Å²) in [5, 5.41) is 7.70. The van der Waals surface area contributed by atoms with E-state index in [0.29, 0.717) is 17.1 Å². The van der Waals surface area contributed by atoms with Crippen LogP contribution in [0.15, 0.2) is 84.9 Å². The molecule has 0 aliphatic heterocycles. The molecule has 1 atom stereocenters. The molecule has 0 saturated heterocycles. The van der Waals surface area contributed by atoms with Gasteiger partial charge in [-0.15, -0.1) is 0 Å². The van der Waals surface area contributed by atoms with E-state index >= 15 is 0 Å². The summed E-state index contributed by atoms with van der Waals surface area (Å²) < 4.78 is 11.3. The molecule has 0 bridgehead atoms. The lowest BCUT2D eigenvalue weighted by molar-refractivity contribution is -0.123. The second kappa shape index (κ2) is 10.7. The number of hydrogen-bond donors (Lipinski definition) is 2. The minimum atomic E-state index is -0.304. The number of nitrogens with one attached hydrogen (secondary N) is 2. The molecule has 6 heteroatoms. The maximum Gasteiger partial charge on any atom is 0.259 e. The number of carbonyl (C=O) groups is 2. The van der Waals surface area contributed by atoms with Gasteiger partial charge in [0, 0.05) is 11.3 Å². The average Bonchev–Trinajstić information content (AvgIpc) is 2.88. The molecule has 35 heavy (non-hydrogen) atoms. The van der Waals surface area contributed by atoms with Crippen LogP contribution in [0.3, 0.4) is 0 Å². The molecule has 2 amide bonds. The summed E-state index contributed by atoms with van der Waals surface area (Å²) in [4.78, 5) is 25.9. The highest BCUT2D eigenvalue weighted by atomic mass is 16.5. The number of aryl methyl sites for hydroxylation is 1. The highest BCUT2D eigenvalue weighted by molar-refractivity contribution is 6.09. The number of anilines is 1. The number of methoxy groups -OCH3 is 1. The lowest BCUT2D eigenvalue weighted by Crippen LogP contribution is -2.31. The number of hydrogen-bond acceptors (Lipinski definition) is 4. The van der Waals surface area contributed by atoms with Crippen molar-refractivity contribution in [3.05, 3.63) is 102 Å². The second-order valence-electron chi connectivity index (χ2n) is 8.28. The number of carbonyl (C=O) groups excluding carboxylic acids is 2. The fourth-order valence-electron chi connectivity index (χ4n) is 3.95. The van der Waals surface area contributed by atoms with Crippen molar-refractivity contribution in [2.24, 2.45) is 0 Å². The normalized spacial score (nSPS) is 11.5. The van der Waals surface area contributed by atoms with Crippen LogP contribution < -0.4 is 20.1 Å². The highest BCUT2D eigenvalue weighted by Gasteiger charge is 2.18. The van der Waals surface area contributed by atoms with Crippen LogP contribution in [0.4, 0.5) is 5.69 Å². The topological polar surface area (TPSA) is 76.7 Å². The molecule has 0 aromatic heterocycles. The van der Waals surface area contributed by atoms with Gasteiger partial charge in [0.1, 0.15) is 11.5 Å². The fraction of sp³-hybridized carbons (Fsp3) is 0.172. The van der Waals surface area contributed by atoms with Gasteiger partial charge in [0.05, 0.1) is 18.7 Å². The number of para-hydroxylation sites is 2. The second-order valence-corrected chi connectivity index (χ2v) is 8.28. The summed E-state index contributed by atoms with van der Waals surface area (Å²) in [6, 6.07) is 26.1. The summed E-state index contributed by atoms with van der Waals surface area (Å²) in [5.41, 5.74) is 2.90. The molecule has 0 aliphatic carbocycles. The smallest absolute Gasteiger partial charge is 0.259 e. The van der Waals surface area contributed by atoms with Crippen molar-refractivity contribution in [2.45, 2.75) is 19.9 Å². The van der Waals surface area contributed by atoms with Crippen molar-refractivity contribution in [2.75, 3.05) is 19.0 Å². The van der Waals surface area contributed by atoms with Gasteiger partial charge in [0.2, 0.25) is 0 Å². The van der Waals surface area contributed by atoms with Crippen LogP contribution in [-0.4, -0.2) is 25.5 Å². The molecule has 0 fully saturated rings. The third kappa shape index (κ3) is 5.61. The van der Waals surface area contributed by atoms with E-state index in [0.717, 1.165) is 27.6 Å². The number of amides is 2. The highest BCUT2D eigenvalue weighted by Crippen LogP contribution is 2.28. The summed E-state index contributed by atoms with van der Waals surface area (Å²) >= 11 is 0. The third-order valence-electron chi connectivity index (χ3n) is 5.83. The zero-order chi connectivity index (χ0) is 24.8. The van der Waals surface area contributed by atoms with Gasteiger partial charge in [0.25, 0.3) is 11.8 Å². The van der Waals surface area contributed by atoms with Gasteiger partial charge in [-0.05, 0) is 54.4 Å². The van der Waals surface area contributed by atoms with Crippen LogP contribution in [-0.2, 0) is 4.79 Å². The van der Waals surface area contributed by atoms with Gasteiger partial charge in [-0.25, -0.2) is 0 Å². The molecule has 0 radical (unpaired) electrons. The molecular weight excluding hydrogens is 440 g/mol. The maximum absolute atomic E-state index is 13.2. The van der Waals surface area contributed by atoms with Gasteiger partial charge in [0.15, 0.2) is 6.61 Å². The number of fused-ring (bicyclic) bond motifs is 1. The lowest BCUT2D eigenvalue weighted by atomic mass is 10.0. The molecule has 4 aromatic carbocycles. The van der Waals surface area contributed by atoms with E-state index in [4.69, 9.17) is 9.47 Å². The minimum absolute atomic E-state index is 0.234. The largest absolute Gasteiger partial charge is 0.496 e. The van der Waals surface area contributed by atoms with Crippen molar-refractivity contribution in [3.63, 3.8) is 0 Å². The summed E-state index contributed by atoms with van der Waals surface area (Å²) in [7, 11) is 1.60. The van der Waals surface area contributed by atoms with Crippen LogP contribution in [0.25, 0.3) is 10.8 Å². The van der Waals surface area contributed by atoms with E-state index in [-0.39, 0.29) is 24.5 Å². The van der Waals surface area contributed by atoms with Gasteiger partial charge in [-0.1, -0.05) is 60.7 Å². The molecular formula is C29H28N2O4. The van der Waals surface area contributed by atoms with Gasteiger partial charge in [-0.2, -0.15) is 0 Å². The molecule has 0 heterocycles. The molecule has 4 rings (SSSR count). The first kappa shape index (κ1) is 23.8. The molecule has 2 N–H and O–H groups in total. The predicted molar refractivity (Wildman–Crippen MR) is 138 cm³/mol. The molecule has 0 aliphatic rings. The quantitative estimate of drug-likeness (QED) is 0.350. The Kier molecular flexibility index (Phi) is 7.31. The predicted octanol–water partition coefficient (Wildman–Crippen LogP) is 5.67. The first-order chi connectivity index (χ1) is 17.0. The molecule has 0 spiro atoms. The monoisotopic (exact) mass is 468 g/mol. The van der Waals surface area contributed by atoms with E-state index in [2.05, 4.69) is 10.6 Å². The molecule has 178 valence electrons. The third-order valence-corrected chi connectivity index (χ3v) is 5.83. The zero-order valence-electron chi connectivity index (χ0n) is 20.0. The van der Waals surface area contributed by atoms with Crippen LogP contribution in [0.5, 0.6) is 11.5 Å². The minimum Gasteiger partial charge on any atom is -0.496 e. The van der Waals surface area contributed by atoms with Gasteiger partial charge < -0.3 is 20.1 Å². The van der Waals surface area contributed by atoms with Gasteiger partial charge >= 0.3 is 0 Å². The molecule has 0 saturated carbocycles. The SMILES string of the molecule is COc1ccccc1C(C)NC(=O)COc1cc2ccccc2cc1C(=O)Nc1ccccc1C. The molecule has 1 unspecified atom stereocenters. The van der Waals surface area contributed by atoms with Crippen LogP contribution >= 0.6 is 0 Å². The first-order valence-corrected chi connectivity index (χ1v) is 11.4. The Hall–Kier alpha value is -4.32. The Labute approximate surface area is 204 Å². The zero-order valence-corrected chi connectivity index (χ0v) is 20.0. The summed E-state index contributed by atoms with van der Waals surface area (Å²) in [6.07, 6.45) is 0. The van der Waals surface area contributed by atoms with E-state index < -0.39 is 0 Å². The lowest BCUT2D eigenvalue weighted by Gasteiger charge is -2.18.